The van der Waals surface area contributed by atoms with Gasteiger partial charge in [-0.1, -0.05) is 6.42 Å². The monoisotopic (exact) mass is 224 g/mol. The van der Waals surface area contributed by atoms with E-state index in [0.29, 0.717) is 12.3 Å². The third-order valence-electron chi connectivity index (χ3n) is 4.39. The third kappa shape index (κ3) is 1.55. The molecule has 1 N–H and O–H groups in total. The Morgan fingerprint density at radius 1 is 1.44 bits per heavy atom. The highest BCUT2D eigenvalue weighted by Gasteiger charge is 2.50. The van der Waals surface area contributed by atoms with Gasteiger partial charge in [0, 0.05) is 6.54 Å². The summed E-state index contributed by atoms with van der Waals surface area (Å²) in [6, 6.07) is 0.259. The highest BCUT2D eigenvalue weighted by Crippen LogP contribution is 2.44. The Hall–Kier alpha value is -0.610. The van der Waals surface area contributed by atoms with Gasteiger partial charge in [-0.3, -0.25) is 9.63 Å². The van der Waals surface area contributed by atoms with Gasteiger partial charge in [-0.05, 0) is 38.6 Å². The van der Waals surface area contributed by atoms with Gasteiger partial charge < -0.3 is 5.32 Å². The van der Waals surface area contributed by atoms with Crippen molar-refractivity contribution in [3.63, 3.8) is 0 Å². The van der Waals surface area contributed by atoms with Crippen molar-refractivity contribution in [2.75, 3.05) is 13.1 Å². The van der Waals surface area contributed by atoms with Gasteiger partial charge in [-0.2, -0.15) is 0 Å². The van der Waals surface area contributed by atoms with Crippen LogP contribution in [0.15, 0.2) is 0 Å². The average Bonchev–Trinajstić information content (AvgIpc) is 2.70. The lowest BCUT2D eigenvalue weighted by Gasteiger charge is -2.39. The standard InChI is InChI=1S/C12H20N2O2/c1-12(9-3-2-4-9)7-11(15)14(16-12)10-5-6-13-8-10/h9-10,13H,2-8H2,1H3. The van der Waals surface area contributed by atoms with Crippen molar-refractivity contribution in [1.82, 2.24) is 10.4 Å². The fourth-order valence-electron chi connectivity index (χ4n) is 3.04. The minimum atomic E-state index is -0.210. The summed E-state index contributed by atoms with van der Waals surface area (Å²) < 4.78 is 0. The lowest BCUT2D eigenvalue weighted by Crippen LogP contribution is -2.42. The molecule has 0 aromatic heterocycles. The predicted octanol–water partition coefficient (Wildman–Crippen LogP) is 1.07. The molecule has 2 aliphatic heterocycles. The number of nitrogens with one attached hydrogen (secondary N) is 1. The van der Waals surface area contributed by atoms with E-state index in [2.05, 4.69) is 12.2 Å². The van der Waals surface area contributed by atoms with Crippen molar-refractivity contribution in [1.29, 1.82) is 0 Å². The first-order chi connectivity index (χ1) is 7.69. The Labute approximate surface area is 96.3 Å². The van der Waals surface area contributed by atoms with E-state index < -0.39 is 0 Å². The largest absolute Gasteiger partial charge is 0.315 e. The van der Waals surface area contributed by atoms with E-state index in [1.54, 1.807) is 5.06 Å². The van der Waals surface area contributed by atoms with Crippen LogP contribution in [-0.2, 0) is 9.63 Å². The topological polar surface area (TPSA) is 41.6 Å². The van der Waals surface area contributed by atoms with E-state index in [1.807, 2.05) is 0 Å². The molecule has 0 aromatic rings. The van der Waals surface area contributed by atoms with Crippen LogP contribution in [0.5, 0.6) is 0 Å². The number of carbonyl (C=O) groups is 1. The number of hydrogen-bond acceptors (Lipinski definition) is 3. The van der Waals surface area contributed by atoms with Crippen LogP contribution in [0.3, 0.4) is 0 Å². The molecule has 4 nitrogen and oxygen atoms in total. The zero-order valence-electron chi connectivity index (χ0n) is 9.87. The Kier molecular flexibility index (Phi) is 2.44. The molecule has 0 radical (unpaired) electrons. The fourth-order valence-corrected chi connectivity index (χ4v) is 3.04. The van der Waals surface area contributed by atoms with Crippen molar-refractivity contribution >= 4 is 5.91 Å². The van der Waals surface area contributed by atoms with E-state index in [-0.39, 0.29) is 17.6 Å². The zero-order chi connectivity index (χ0) is 11.2. The number of rotatable bonds is 2. The Morgan fingerprint density at radius 2 is 2.25 bits per heavy atom. The van der Waals surface area contributed by atoms with Gasteiger partial charge in [-0.15, -0.1) is 0 Å². The smallest absolute Gasteiger partial charge is 0.249 e. The van der Waals surface area contributed by atoms with Crippen molar-refractivity contribution in [2.24, 2.45) is 5.92 Å². The molecule has 3 aliphatic rings. The Bertz CT molecular complexity index is 297. The maximum Gasteiger partial charge on any atom is 0.249 e. The van der Waals surface area contributed by atoms with E-state index in [0.717, 1.165) is 19.5 Å². The molecule has 0 aromatic carbocycles. The van der Waals surface area contributed by atoms with E-state index >= 15 is 0 Å². The minimum Gasteiger partial charge on any atom is -0.315 e. The first-order valence-corrected chi connectivity index (χ1v) is 6.41. The summed E-state index contributed by atoms with van der Waals surface area (Å²) in [5, 5.41) is 4.95. The minimum absolute atomic E-state index is 0.183. The van der Waals surface area contributed by atoms with Gasteiger partial charge in [-0.25, -0.2) is 5.06 Å². The van der Waals surface area contributed by atoms with Gasteiger partial charge in [0.25, 0.3) is 0 Å². The first kappa shape index (κ1) is 10.5. The summed E-state index contributed by atoms with van der Waals surface area (Å²) in [5.41, 5.74) is -0.210. The molecule has 0 spiro atoms. The molecule has 90 valence electrons. The van der Waals surface area contributed by atoms with Crippen LogP contribution in [0.2, 0.25) is 0 Å². The van der Waals surface area contributed by atoms with E-state index in [1.165, 1.54) is 19.3 Å². The number of carbonyl (C=O) groups excluding carboxylic acids is 1. The summed E-state index contributed by atoms with van der Waals surface area (Å²) >= 11 is 0. The predicted molar refractivity (Wildman–Crippen MR) is 59.6 cm³/mol. The summed E-state index contributed by atoms with van der Waals surface area (Å²) in [6.45, 7) is 3.99. The maximum absolute atomic E-state index is 12.0. The molecule has 2 unspecified atom stereocenters. The molecular formula is C12H20N2O2. The molecule has 2 atom stereocenters. The van der Waals surface area contributed by atoms with Gasteiger partial charge in [0.1, 0.15) is 5.60 Å². The highest BCUT2D eigenvalue weighted by molar-refractivity contribution is 5.78. The third-order valence-corrected chi connectivity index (χ3v) is 4.39. The van der Waals surface area contributed by atoms with Crippen LogP contribution >= 0.6 is 0 Å². The Balaban J connectivity index is 1.70. The van der Waals surface area contributed by atoms with Crippen LogP contribution in [-0.4, -0.2) is 35.7 Å². The molecule has 4 heteroatoms. The van der Waals surface area contributed by atoms with Crippen LogP contribution in [0, 0.1) is 5.92 Å². The second kappa shape index (κ2) is 3.70. The molecule has 3 rings (SSSR count). The highest BCUT2D eigenvalue weighted by atomic mass is 16.7. The molecule has 0 bridgehead atoms. The normalized spacial score (nSPS) is 40.4. The zero-order valence-corrected chi connectivity index (χ0v) is 9.87. The molecule has 3 fully saturated rings. The summed E-state index contributed by atoms with van der Waals surface area (Å²) in [6.07, 6.45) is 5.34. The second-order valence-corrected chi connectivity index (χ2v) is 5.57. The van der Waals surface area contributed by atoms with Crippen LogP contribution in [0.4, 0.5) is 0 Å². The number of hydrogen-bond donors (Lipinski definition) is 1. The number of nitrogens with zero attached hydrogens (tertiary/aromatic N) is 1. The van der Waals surface area contributed by atoms with Crippen molar-refractivity contribution < 1.29 is 9.63 Å². The second-order valence-electron chi connectivity index (χ2n) is 5.57. The number of amides is 1. The average molecular weight is 224 g/mol. The maximum atomic E-state index is 12.0. The van der Waals surface area contributed by atoms with Gasteiger partial charge in [0.05, 0.1) is 12.5 Å². The summed E-state index contributed by atoms with van der Waals surface area (Å²) in [5.74, 6) is 0.777. The summed E-state index contributed by atoms with van der Waals surface area (Å²) in [7, 11) is 0. The van der Waals surface area contributed by atoms with Crippen LogP contribution < -0.4 is 5.32 Å². The number of hydroxylamine groups is 2. The van der Waals surface area contributed by atoms with Gasteiger partial charge in [0.2, 0.25) is 5.91 Å². The van der Waals surface area contributed by atoms with Gasteiger partial charge >= 0.3 is 0 Å². The van der Waals surface area contributed by atoms with Crippen molar-refractivity contribution in [2.45, 2.75) is 50.7 Å². The van der Waals surface area contributed by atoms with Crippen LogP contribution in [0.25, 0.3) is 0 Å². The molecular weight excluding hydrogens is 204 g/mol. The SMILES string of the molecule is CC1(C2CCC2)CC(=O)N(C2CCNC2)O1. The first-order valence-electron chi connectivity index (χ1n) is 6.41. The quantitative estimate of drug-likeness (QED) is 0.763. The lowest BCUT2D eigenvalue weighted by atomic mass is 9.72. The fraction of sp³-hybridized carbons (Fsp3) is 0.917. The van der Waals surface area contributed by atoms with E-state index in [4.69, 9.17) is 4.84 Å². The lowest BCUT2D eigenvalue weighted by molar-refractivity contribution is -0.229. The molecule has 2 saturated heterocycles. The molecule has 1 aliphatic carbocycles. The Morgan fingerprint density at radius 3 is 2.81 bits per heavy atom. The van der Waals surface area contributed by atoms with Crippen LogP contribution in [0.1, 0.15) is 39.0 Å². The molecule has 1 amide bonds. The van der Waals surface area contributed by atoms with Crippen molar-refractivity contribution in [3.05, 3.63) is 0 Å². The van der Waals surface area contributed by atoms with Crippen molar-refractivity contribution in [3.8, 4) is 0 Å². The molecule has 16 heavy (non-hydrogen) atoms. The molecule has 2 heterocycles. The molecule has 1 saturated carbocycles. The summed E-state index contributed by atoms with van der Waals surface area (Å²) in [4.78, 5) is 18.0. The van der Waals surface area contributed by atoms with E-state index in [9.17, 15) is 4.79 Å². The van der Waals surface area contributed by atoms with Gasteiger partial charge in [0.15, 0.2) is 0 Å².